The van der Waals surface area contributed by atoms with Gasteiger partial charge in [0.05, 0.1) is 18.9 Å². The van der Waals surface area contributed by atoms with Crippen molar-refractivity contribution in [2.45, 2.75) is 32.4 Å². The number of carbonyl (C=O) groups excluding carboxylic acids is 1. The van der Waals surface area contributed by atoms with Gasteiger partial charge in [-0.3, -0.25) is 9.69 Å². The Morgan fingerprint density at radius 3 is 2.78 bits per heavy atom. The summed E-state index contributed by atoms with van der Waals surface area (Å²) in [5.74, 6) is -1.84. The fourth-order valence-corrected chi connectivity index (χ4v) is 2.14. The number of amides is 1. The smallest absolute Gasteiger partial charge is 0.411 e. The van der Waals surface area contributed by atoms with Crippen LogP contribution in [0.1, 0.15) is 43.1 Å². The van der Waals surface area contributed by atoms with Crippen molar-refractivity contribution in [1.82, 2.24) is 14.9 Å². The van der Waals surface area contributed by atoms with Gasteiger partial charge in [-0.1, -0.05) is 0 Å². The first-order valence-corrected chi connectivity index (χ1v) is 7.09. The largest absolute Gasteiger partial charge is 0.475 e. The number of rotatable bonds is 2. The number of H-pyrrole nitrogens is 1. The van der Waals surface area contributed by atoms with Crippen LogP contribution in [0.5, 0.6) is 0 Å². The van der Waals surface area contributed by atoms with Crippen LogP contribution >= 0.6 is 0 Å². The van der Waals surface area contributed by atoms with E-state index in [2.05, 4.69) is 9.97 Å². The summed E-state index contributed by atoms with van der Waals surface area (Å²) in [5.41, 5.74) is -1.13. The number of nitrogens with one attached hydrogen (secondary N) is 1. The summed E-state index contributed by atoms with van der Waals surface area (Å²) in [6.45, 7) is 5.92. The fourth-order valence-electron chi connectivity index (χ4n) is 2.14. The van der Waals surface area contributed by atoms with Crippen molar-refractivity contribution in [3.05, 3.63) is 27.9 Å². The van der Waals surface area contributed by atoms with Crippen LogP contribution in [0.2, 0.25) is 0 Å². The average Bonchev–Trinajstić information content (AvgIpc) is 2.44. The molecule has 23 heavy (non-hydrogen) atoms. The molecule has 2 N–H and O–H groups in total. The Morgan fingerprint density at radius 1 is 1.48 bits per heavy atom. The molecule has 1 amide bonds. The maximum Gasteiger partial charge on any atom is 0.411 e. The van der Waals surface area contributed by atoms with Crippen molar-refractivity contribution in [2.75, 3.05) is 19.8 Å². The Kier molecular flexibility index (Phi) is 4.69. The van der Waals surface area contributed by atoms with E-state index in [4.69, 9.17) is 14.6 Å². The lowest BCUT2D eigenvalue weighted by atomic mass is 10.1. The van der Waals surface area contributed by atoms with Gasteiger partial charge in [0.1, 0.15) is 11.6 Å². The molecule has 0 aliphatic carbocycles. The van der Waals surface area contributed by atoms with Gasteiger partial charge in [-0.25, -0.2) is 14.6 Å². The van der Waals surface area contributed by atoms with Crippen LogP contribution in [0.25, 0.3) is 0 Å². The lowest BCUT2D eigenvalue weighted by molar-refractivity contribution is -0.0341. The standard InChI is InChI=1S/C14H19N3O6/c1-14(2,3)23-13(21)17-4-5-22-7-9(17)8-6-10(18)16-11(15-8)12(19)20/h6,9H,4-5,7H2,1-3H3,(H,19,20)(H,15,16,18). The second-order valence-electron chi connectivity index (χ2n) is 6.09. The zero-order valence-electron chi connectivity index (χ0n) is 13.2. The first-order chi connectivity index (χ1) is 10.7. The summed E-state index contributed by atoms with van der Waals surface area (Å²) in [6.07, 6.45) is -0.565. The third-order valence-electron chi connectivity index (χ3n) is 3.06. The summed E-state index contributed by atoms with van der Waals surface area (Å²) >= 11 is 0. The van der Waals surface area contributed by atoms with Crippen LogP contribution in [0.4, 0.5) is 4.79 Å². The van der Waals surface area contributed by atoms with Crippen LogP contribution in [-0.4, -0.2) is 57.4 Å². The summed E-state index contributed by atoms with van der Waals surface area (Å²) in [5, 5.41) is 8.99. The molecule has 9 nitrogen and oxygen atoms in total. The maximum atomic E-state index is 12.3. The minimum atomic E-state index is -1.36. The first kappa shape index (κ1) is 16.9. The van der Waals surface area contributed by atoms with E-state index in [9.17, 15) is 14.4 Å². The maximum absolute atomic E-state index is 12.3. The number of ether oxygens (including phenoxy) is 2. The van der Waals surface area contributed by atoms with Gasteiger partial charge in [0.25, 0.3) is 5.56 Å². The average molecular weight is 325 g/mol. The highest BCUT2D eigenvalue weighted by Gasteiger charge is 2.33. The number of carbonyl (C=O) groups is 2. The van der Waals surface area contributed by atoms with Gasteiger partial charge in [-0.05, 0) is 20.8 Å². The number of nitrogens with zero attached hydrogens (tertiary/aromatic N) is 2. The van der Waals surface area contributed by atoms with Crippen LogP contribution in [0, 0.1) is 0 Å². The lowest BCUT2D eigenvalue weighted by Gasteiger charge is -2.36. The van der Waals surface area contributed by atoms with Crippen molar-refractivity contribution in [1.29, 1.82) is 0 Å². The Balaban J connectivity index is 2.33. The molecule has 0 radical (unpaired) electrons. The van der Waals surface area contributed by atoms with Gasteiger partial charge in [0, 0.05) is 12.6 Å². The van der Waals surface area contributed by atoms with E-state index in [-0.39, 0.29) is 18.8 Å². The topological polar surface area (TPSA) is 122 Å². The molecule has 1 aromatic heterocycles. The van der Waals surface area contributed by atoms with Crippen molar-refractivity contribution in [3.63, 3.8) is 0 Å². The molecule has 1 aliphatic heterocycles. The summed E-state index contributed by atoms with van der Waals surface area (Å²) < 4.78 is 10.7. The van der Waals surface area contributed by atoms with Crippen LogP contribution in [0.3, 0.4) is 0 Å². The van der Waals surface area contributed by atoms with Crippen molar-refractivity contribution < 1.29 is 24.2 Å². The molecule has 126 valence electrons. The summed E-state index contributed by atoms with van der Waals surface area (Å²) in [6, 6.07) is 0.474. The molecule has 1 fully saturated rings. The third kappa shape index (κ3) is 4.28. The number of hydrogen-bond donors (Lipinski definition) is 2. The zero-order chi connectivity index (χ0) is 17.2. The van der Waals surface area contributed by atoms with Gasteiger partial charge >= 0.3 is 12.1 Å². The fraction of sp³-hybridized carbons (Fsp3) is 0.571. The molecule has 0 aromatic carbocycles. The predicted molar refractivity (Wildman–Crippen MR) is 78.3 cm³/mol. The monoisotopic (exact) mass is 325 g/mol. The quantitative estimate of drug-likeness (QED) is 0.823. The number of aromatic nitrogens is 2. The third-order valence-corrected chi connectivity index (χ3v) is 3.06. The molecule has 1 aromatic rings. The number of carboxylic acids is 1. The van der Waals surface area contributed by atoms with Crippen LogP contribution in [-0.2, 0) is 9.47 Å². The number of aromatic carboxylic acids is 1. The van der Waals surface area contributed by atoms with Gasteiger partial charge < -0.3 is 19.6 Å². The van der Waals surface area contributed by atoms with E-state index in [1.807, 2.05) is 0 Å². The molecule has 1 saturated heterocycles. The lowest BCUT2D eigenvalue weighted by Crippen LogP contribution is -2.46. The van der Waals surface area contributed by atoms with Crippen molar-refractivity contribution in [2.24, 2.45) is 0 Å². The van der Waals surface area contributed by atoms with Gasteiger partial charge in [0.2, 0.25) is 5.82 Å². The molecule has 1 unspecified atom stereocenters. The molecule has 9 heteroatoms. The Labute approximate surface area is 132 Å². The molecule has 0 saturated carbocycles. The normalized spacial score (nSPS) is 18.6. The van der Waals surface area contributed by atoms with Crippen LogP contribution < -0.4 is 5.56 Å². The van der Waals surface area contributed by atoms with E-state index in [0.29, 0.717) is 6.61 Å². The Morgan fingerprint density at radius 2 is 2.17 bits per heavy atom. The van der Waals surface area contributed by atoms with Gasteiger partial charge in [-0.2, -0.15) is 0 Å². The zero-order valence-corrected chi connectivity index (χ0v) is 13.2. The molecule has 1 aliphatic rings. The Hall–Kier alpha value is -2.42. The second kappa shape index (κ2) is 6.37. The van der Waals surface area contributed by atoms with E-state index in [1.165, 1.54) is 4.90 Å². The molecule has 1 atom stereocenters. The highest BCUT2D eigenvalue weighted by molar-refractivity contribution is 5.83. The SMILES string of the molecule is CC(C)(C)OC(=O)N1CCOCC1c1cc(=O)[nH]c(C(=O)O)n1. The summed E-state index contributed by atoms with van der Waals surface area (Å²) in [7, 11) is 0. The minimum Gasteiger partial charge on any atom is -0.475 e. The number of morpholine rings is 1. The predicted octanol–water partition coefficient (Wildman–Crippen LogP) is 0.777. The summed E-state index contributed by atoms with van der Waals surface area (Å²) in [4.78, 5) is 42.4. The van der Waals surface area contributed by atoms with Crippen molar-refractivity contribution in [3.8, 4) is 0 Å². The molecule has 2 rings (SSSR count). The number of hydrogen-bond acceptors (Lipinski definition) is 6. The van der Waals surface area contributed by atoms with E-state index in [0.717, 1.165) is 6.07 Å². The number of carboxylic acid groups (broad SMARTS) is 1. The molecular formula is C14H19N3O6. The van der Waals surface area contributed by atoms with Gasteiger partial charge in [-0.15, -0.1) is 0 Å². The highest BCUT2D eigenvalue weighted by Crippen LogP contribution is 2.24. The van der Waals surface area contributed by atoms with Crippen molar-refractivity contribution >= 4 is 12.1 Å². The van der Waals surface area contributed by atoms with Crippen LogP contribution in [0.15, 0.2) is 10.9 Å². The minimum absolute atomic E-state index is 0.106. The molecular weight excluding hydrogens is 306 g/mol. The molecule has 0 spiro atoms. The Bertz CT molecular complexity index is 663. The number of aromatic amines is 1. The molecule has 2 heterocycles. The highest BCUT2D eigenvalue weighted by atomic mass is 16.6. The first-order valence-electron chi connectivity index (χ1n) is 7.09. The van der Waals surface area contributed by atoms with E-state index >= 15 is 0 Å². The van der Waals surface area contributed by atoms with E-state index < -0.39 is 35.1 Å². The second-order valence-corrected chi connectivity index (χ2v) is 6.09. The van der Waals surface area contributed by atoms with E-state index in [1.54, 1.807) is 20.8 Å². The molecule has 0 bridgehead atoms. The van der Waals surface area contributed by atoms with Gasteiger partial charge in [0.15, 0.2) is 0 Å².